The maximum Gasteiger partial charge on any atom is 0.303 e. The van der Waals surface area contributed by atoms with E-state index in [0.717, 1.165) is 18.2 Å². The molecule has 122 valence electrons. The molecule has 5 nitrogen and oxygen atoms in total. The van der Waals surface area contributed by atoms with Crippen molar-refractivity contribution in [3.05, 3.63) is 59.7 Å². The molecule has 0 aliphatic carbocycles. The Morgan fingerprint density at radius 1 is 1.04 bits per heavy atom. The number of aliphatic carboxylic acids is 1. The third-order valence-corrected chi connectivity index (χ3v) is 4.43. The number of halogens is 2. The normalized spacial score (nSPS) is 11.2. The van der Waals surface area contributed by atoms with Gasteiger partial charge in [0.15, 0.2) is 0 Å². The molecule has 0 fully saturated rings. The standard InChI is InChI=1S/C15H13F2NO4S/c16-12-2-1-3-13(17)15(12)18-23(21,22)11-7-4-10(5-8-11)6-9-14(19)20/h1-5,7-8,18H,6,9H2,(H,19,20). The summed E-state index contributed by atoms with van der Waals surface area (Å²) >= 11 is 0. The second-order valence-electron chi connectivity index (χ2n) is 4.74. The molecule has 0 bridgehead atoms. The Bertz CT molecular complexity index is 800. The first-order valence-corrected chi connectivity index (χ1v) is 8.05. The molecule has 2 aromatic rings. The first kappa shape index (κ1) is 16.9. The second-order valence-corrected chi connectivity index (χ2v) is 6.42. The summed E-state index contributed by atoms with van der Waals surface area (Å²) < 4.78 is 53.2. The Morgan fingerprint density at radius 2 is 1.61 bits per heavy atom. The maximum absolute atomic E-state index is 13.5. The van der Waals surface area contributed by atoms with Crippen LogP contribution in [0, 0.1) is 11.6 Å². The number of carboxylic acids is 1. The molecule has 8 heteroatoms. The van der Waals surface area contributed by atoms with Crippen LogP contribution in [0.3, 0.4) is 0 Å². The summed E-state index contributed by atoms with van der Waals surface area (Å²) in [5.74, 6) is -3.00. The summed E-state index contributed by atoms with van der Waals surface area (Å²) in [6.07, 6.45) is 0.176. The topological polar surface area (TPSA) is 83.5 Å². The van der Waals surface area contributed by atoms with Gasteiger partial charge in [0.2, 0.25) is 0 Å². The van der Waals surface area contributed by atoms with Gasteiger partial charge >= 0.3 is 5.97 Å². The quantitative estimate of drug-likeness (QED) is 0.846. The van der Waals surface area contributed by atoms with Crippen LogP contribution in [0.25, 0.3) is 0 Å². The van der Waals surface area contributed by atoms with Crippen molar-refractivity contribution < 1.29 is 27.1 Å². The van der Waals surface area contributed by atoms with Gasteiger partial charge in [-0.25, -0.2) is 17.2 Å². The number of aryl methyl sites for hydroxylation is 1. The van der Waals surface area contributed by atoms with Crippen LogP contribution in [-0.4, -0.2) is 19.5 Å². The fourth-order valence-electron chi connectivity index (χ4n) is 1.88. The minimum absolute atomic E-state index is 0.0786. The molecule has 2 aromatic carbocycles. The van der Waals surface area contributed by atoms with Crippen LogP contribution in [0.5, 0.6) is 0 Å². The molecule has 0 aliphatic heterocycles. The Labute approximate surface area is 131 Å². The van der Waals surface area contributed by atoms with Crippen LogP contribution < -0.4 is 4.72 Å². The Kier molecular flexibility index (Phi) is 4.95. The largest absolute Gasteiger partial charge is 0.481 e. The first-order chi connectivity index (χ1) is 10.8. The molecule has 2 rings (SSSR count). The molecule has 23 heavy (non-hydrogen) atoms. The highest BCUT2D eigenvalue weighted by Crippen LogP contribution is 2.22. The number of benzene rings is 2. The molecule has 0 atom stereocenters. The zero-order valence-electron chi connectivity index (χ0n) is 11.8. The monoisotopic (exact) mass is 341 g/mol. The lowest BCUT2D eigenvalue weighted by Crippen LogP contribution is -2.15. The van der Waals surface area contributed by atoms with Crippen LogP contribution in [0.1, 0.15) is 12.0 Å². The van der Waals surface area contributed by atoms with Crippen LogP contribution >= 0.6 is 0 Å². The lowest BCUT2D eigenvalue weighted by atomic mass is 10.1. The molecular formula is C15H13F2NO4S. The SMILES string of the molecule is O=C(O)CCc1ccc(S(=O)(=O)Nc2c(F)cccc2F)cc1. The van der Waals surface area contributed by atoms with Crippen molar-refractivity contribution in [2.45, 2.75) is 17.7 Å². The van der Waals surface area contributed by atoms with Gasteiger partial charge in [0, 0.05) is 6.42 Å². The van der Waals surface area contributed by atoms with Gasteiger partial charge in [-0.3, -0.25) is 9.52 Å². The number of para-hydroxylation sites is 1. The van der Waals surface area contributed by atoms with Crippen molar-refractivity contribution in [3.8, 4) is 0 Å². The fraction of sp³-hybridized carbons (Fsp3) is 0.133. The average molecular weight is 341 g/mol. The van der Waals surface area contributed by atoms with Gasteiger partial charge in [0.05, 0.1) is 4.90 Å². The Morgan fingerprint density at radius 3 is 2.13 bits per heavy atom. The van der Waals surface area contributed by atoms with Crippen molar-refractivity contribution in [1.29, 1.82) is 0 Å². The number of carbonyl (C=O) groups is 1. The summed E-state index contributed by atoms with van der Waals surface area (Å²) in [5, 5.41) is 8.60. The third-order valence-electron chi connectivity index (χ3n) is 3.06. The van der Waals surface area contributed by atoms with E-state index in [1.54, 1.807) is 0 Å². The Balaban J connectivity index is 2.21. The third kappa shape index (κ3) is 4.26. The van der Waals surface area contributed by atoms with Gasteiger partial charge in [-0.15, -0.1) is 0 Å². The van der Waals surface area contributed by atoms with E-state index in [-0.39, 0.29) is 17.7 Å². The zero-order valence-corrected chi connectivity index (χ0v) is 12.6. The van der Waals surface area contributed by atoms with Crippen LogP contribution in [0.4, 0.5) is 14.5 Å². The second kappa shape index (κ2) is 6.74. The predicted octanol–water partition coefficient (Wildman–Crippen LogP) is 2.78. The van der Waals surface area contributed by atoms with E-state index >= 15 is 0 Å². The van der Waals surface area contributed by atoms with Crippen LogP contribution in [0.15, 0.2) is 47.4 Å². The minimum Gasteiger partial charge on any atom is -0.481 e. The number of hydrogen-bond donors (Lipinski definition) is 2. The zero-order chi connectivity index (χ0) is 17.0. The highest BCUT2D eigenvalue weighted by Gasteiger charge is 2.19. The highest BCUT2D eigenvalue weighted by atomic mass is 32.2. The average Bonchev–Trinajstić information content (AvgIpc) is 2.49. The lowest BCUT2D eigenvalue weighted by Gasteiger charge is -2.10. The summed E-state index contributed by atoms with van der Waals surface area (Å²) in [5.41, 5.74) is -0.106. The molecule has 0 saturated heterocycles. The number of carboxylic acid groups (broad SMARTS) is 1. The molecule has 0 saturated carbocycles. The van der Waals surface area contributed by atoms with E-state index in [0.29, 0.717) is 5.56 Å². The summed E-state index contributed by atoms with van der Waals surface area (Å²) in [4.78, 5) is 10.3. The van der Waals surface area contributed by atoms with E-state index < -0.39 is 33.3 Å². The molecule has 0 aliphatic rings. The molecule has 0 spiro atoms. The Hall–Kier alpha value is -2.48. The van der Waals surface area contributed by atoms with Gasteiger partial charge in [-0.2, -0.15) is 0 Å². The molecule has 0 unspecified atom stereocenters. The molecule has 0 heterocycles. The predicted molar refractivity (Wildman–Crippen MR) is 79.6 cm³/mol. The molecule has 0 aromatic heterocycles. The summed E-state index contributed by atoms with van der Waals surface area (Å²) in [6.45, 7) is 0. The first-order valence-electron chi connectivity index (χ1n) is 6.57. The molecule has 0 radical (unpaired) electrons. The fourth-order valence-corrected chi connectivity index (χ4v) is 2.95. The van der Waals surface area contributed by atoms with Crippen LogP contribution in [-0.2, 0) is 21.2 Å². The van der Waals surface area contributed by atoms with Gasteiger partial charge in [0.1, 0.15) is 17.3 Å². The number of hydrogen-bond acceptors (Lipinski definition) is 3. The van der Waals surface area contributed by atoms with E-state index in [2.05, 4.69) is 0 Å². The van der Waals surface area contributed by atoms with Gasteiger partial charge in [-0.05, 0) is 36.2 Å². The smallest absolute Gasteiger partial charge is 0.303 e. The number of nitrogens with one attached hydrogen (secondary N) is 1. The number of rotatable bonds is 6. The molecule has 2 N–H and O–H groups in total. The maximum atomic E-state index is 13.5. The van der Waals surface area contributed by atoms with Gasteiger partial charge in [0.25, 0.3) is 10.0 Å². The van der Waals surface area contributed by atoms with Crippen molar-refractivity contribution in [2.75, 3.05) is 4.72 Å². The number of anilines is 1. The summed E-state index contributed by atoms with van der Waals surface area (Å²) in [7, 11) is -4.15. The van der Waals surface area contributed by atoms with E-state index in [4.69, 9.17) is 5.11 Å². The highest BCUT2D eigenvalue weighted by molar-refractivity contribution is 7.92. The summed E-state index contributed by atoms with van der Waals surface area (Å²) in [6, 6.07) is 8.41. The minimum atomic E-state index is -4.15. The van der Waals surface area contributed by atoms with E-state index in [1.807, 2.05) is 4.72 Å². The number of sulfonamides is 1. The van der Waals surface area contributed by atoms with Crippen molar-refractivity contribution in [3.63, 3.8) is 0 Å². The van der Waals surface area contributed by atoms with Gasteiger partial charge in [-0.1, -0.05) is 18.2 Å². The lowest BCUT2D eigenvalue weighted by molar-refractivity contribution is -0.136. The van der Waals surface area contributed by atoms with Gasteiger partial charge < -0.3 is 5.11 Å². The van der Waals surface area contributed by atoms with Crippen molar-refractivity contribution in [1.82, 2.24) is 0 Å². The van der Waals surface area contributed by atoms with Crippen molar-refractivity contribution in [2.24, 2.45) is 0 Å². The molecular weight excluding hydrogens is 328 g/mol. The van der Waals surface area contributed by atoms with E-state index in [9.17, 15) is 22.0 Å². The van der Waals surface area contributed by atoms with E-state index in [1.165, 1.54) is 24.3 Å². The van der Waals surface area contributed by atoms with Crippen LogP contribution in [0.2, 0.25) is 0 Å². The van der Waals surface area contributed by atoms with Crippen molar-refractivity contribution >= 4 is 21.7 Å². The molecule has 0 amide bonds.